The Morgan fingerprint density at radius 1 is 1.22 bits per heavy atom. The summed E-state index contributed by atoms with van der Waals surface area (Å²) in [5.41, 5.74) is 2.46. The lowest BCUT2D eigenvalue weighted by Gasteiger charge is -2.38. The molecule has 1 heterocycles. The van der Waals surface area contributed by atoms with Crippen LogP contribution < -0.4 is 4.90 Å². The van der Waals surface area contributed by atoms with Crippen LogP contribution in [0.25, 0.3) is 0 Å². The van der Waals surface area contributed by atoms with E-state index >= 15 is 0 Å². The second-order valence-corrected chi connectivity index (χ2v) is 7.25. The van der Waals surface area contributed by atoms with Gasteiger partial charge in [0.15, 0.2) is 0 Å². The number of anilines is 1. The van der Waals surface area contributed by atoms with Gasteiger partial charge in [-0.15, -0.1) is 0 Å². The maximum atomic E-state index is 11.2. The number of carboxylic acid groups (broad SMARTS) is 1. The summed E-state index contributed by atoms with van der Waals surface area (Å²) in [6, 6.07) is 9.21. The zero-order chi connectivity index (χ0) is 16.4. The molecule has 1 aromatic carbocycles. The number of nitrogens with zero attached hydrogens (tertiary/aromatic N) is 2. The third-order valence-electron chi connectivity index (χ3n) is 5.29. The number of hydrogen-bond donors (Lipinski definition) is 1. The molecule has 0 radical (unpaired) electrons. The van der Waals surface area contributed by atoms with Crippen molar-refractivity contribution in [2.24, 2.45) is 5.92 Å². The summed E-state index contributed by atoms with van der Waals surface area (Å²) in [6.45, 7) is 8.81. The van der Waals surface area contributed by atoms with Gasteiger partial charge in [-0.3, -0.25) is 9.69 Å². The number of rotatable bonds is 6. The van der Waals surface area contributed by atoms with Crippen LogP contribution in [-0.4, -0.2) is 48.2 Å². The Morgan fingerprint density at radius 3 is 2.48 bits per heavy atom. The van der Waals surface area contributed by atoms with Gasteiger partial charge in [-0.05, 0) is 56.2 Å². The van der Waals surface area contributed by atoms with E-state index < -0.39 is 5.97 Å². The van der Waals surface area contributed by atoms with Gasteiger partial charge in [-0.25, -0.2) is 0 Å². The van der Waals surface area contributed by atoms with Crippen LogP contribution in [0.5, 0.6) is 0 Å². The van der Waals surface area contributed by atoms with Crippen LogP contribution in [-0.2, 0) is 4.79 Å². The number of benzene rings is 1. The Morgan fingerprint density at radius 2 is 1.91 bits per heavy atom. The molecule has 0 aromatic heterocycles. The van der Waals surface area contributed by atoms with E-state index in [-0.39, 0.29) is 12.3 Å². The minimum absolute atomic E-state index is 0.185. The van der Waals surface area contributed by atoms with Crippen LogP contribution in [0.15, 0.2) is 24.3 Å². The van der Waals surface area contributed by atoms with E-state index in [2.05, 4.69) is 47.9 Å². The van der Waals surface area contributed by atoms with E-state index in [1.54, 1.807) is 0 Å². The summed E-state index contributed by atoms with van der Waals surface area (Å²) in [5, 5.41) is 9.21. The zero-order valence-electron chi connectivity index (χ0n) is 14.2. The molecule has 1 saturated carbocycles. The first-order valence-corrected chi connectivity index (χ1v) is 8.85. The SMILES string of the molecule is CC(C)N1CCN(c2cccc(C(CC(=O)O)C3CC3)c2)CC1. The predicted molar refractivity (Wildman–Crippen MR) is 93.1 cm³/mol. The van der Waals surface area contributed by atoms with Gasteiger partial charge in [-0.2, -0.15) is 0 Å². The molecule has 23 heavy (non-hydrogen) atoms. The number of hydrogen-bond acceptors (Lipinski definition) is 3. The van der Waals surface area contributed by atoms with E-state index in [9.17, 15) is 9.90 Å². The Hall–Kier alpha value is -1.55. The largest absolute Gasteiger partial charge is 0.481 e. The first kappa shape index (κ1) is 16.3. The molecule has 3 rings (SSSR count). The van der Waals surface area contributed by atoms with Gasteiger partial charge in [0.1, 0.15) is 0 Å². The second-order valence-electron chi connectivity index (χ2n) is 7.25. The van der Waals surface area contributed by atoms with Gasteiger partial charge < -0.3 is 10.0 Å². The molecule has 1 N–H and O–H groups in total. The van der Waals surface area contributed by atoms with Crippen molar-refractivity contribution in [3.63, 3.8) is 0 Å². The van der Waals surface area contributed by atoms with E-state index in [1.807, 2.05) is 0 Å². The van der Waals surface area contributed by atoms with Crippen LogP contribution in [0, 0.1) is 5.92 Å². The fourth-order valence-electron chi connectivity index (χ4n) is 3.69. The van der Waals surface area contributed by atoms with E-state index in [1.165, 1.54) is 24.1 Å². The van der Waals surface area contributed by atoms with Crippen molar-refractivity contribution < 1.29 is 9.90 Å². The monoisotopic (exact) mass is 316 g/mol. The van der Waals surface area contributed by atoms with E-state index in [0.717, 1.165) is 26.2 Å². The molecule has 1 atom stereocenters. The van der Waals surface area contributed by atoms with Crippen LogP contribution in [0.4, 0.5) is 5.69 Å². The molecular formula is C19H28N2O2. The summed E-state index contributed by atoms with van der Waals surface area (Å²) in [5.74, 6) is 0.0707. The Bertz CT molecular complexity index is 546. The van der Waals surface area contributed by atoms with Gasteiger partial charge in [0.2, 0.25) is 0 Å². The minimum Gasteiger partial charge on any atom is -0.481 e. The van der Waals surface area contributed by atoms with Crippen molar-refractivity contribution in [1.82, 2.24) is 4.90 Å². The van der Waals surface area contributed by atoms with Crippen molar-refractivity contribution >= 4 is 11.7 Å². The molecule has 2 fully saturated rings. The molecule has 1 aliphatic carbocycles. The number of piperazine rings is 1. The van der Waals surface area contributed by atoms with Gasteiger partial charge in [0.25, 0.3) is 0 Å². The zero-order valence-corrected chi connectivity index (χ0v) is 14.2. The molecule has 0 amide bonds. The molecule has 1 unspecified atom stereocenters. The average Bonchev–Trinajstić information content (AvgIpc) is 3.37. The van der Waals surface area contributed by atoms with Crippen molar-refractivity contribution in [3.05, 3.63) is 29.8 Å². The summed E-state index contributed by atoms with van der Waals surface area (Å²) in [6.07, 6.45) is 2.61. The van der Waals surface area contributed by atoms with Crippen molar-refractivity contribution in [2.45, 2.75) is 45.1 Å². The fraction of sp³-hybridized carbons (Fsp3) is 0.632. The van der Waals surface area contributed by atoms with Crippen LogP contribution in [0.3, 0.4) is 0 Å². The van der Waals surface area contributed by atoms with Gasteiger partial charge in [-0.1, -0.05) is 12.1 Å². The summed E-state index contributed by atoms with van der Waals surface area (Å²) in [4.78, 5) is 16.1. The Balaban J connectivity index is 1.71. The molecule has 1 aliphatic heterocycles. The normalized spacial score (nSPS) is 20.7. The summed E-state index contributed by atoms with van der Waals surface area (Å²) in [7, 11) is 0. The van der Waals surface area contributed by atoms with Gasteiger partial charge >= 0.3 is 5.97 Å². The maximum Gasteiger partial charge on any atom is 0.303 e. The summed E-state index contributed by atoms with van der Waals surface area (Å²) < 4.78 is 0. The summed E-state index contributed by atoms with van der Waals surface area (Å²) >= 11 is 0. The fourth-order valence-corrected chi connectivity index (χ4v) is 3.69. The molecule has 0 bridgehead atoms. The standard InChI is InChI=1S/C19H28N2O2/c1-14(2)20-8-10-21(11-9-20)17-5-3-4-16(12-17)18(13-19(22)23)15-6-7-15/h3-5,12,14-15,18H,6-11,13H2,1-2H3,(H,22,23). The second kappa shape index (κ2) is 6.91. The van der Waals surface area contributed by atoms with Gasteiger partial charge in [0.05, 0.1) is 6.42 Å². The third-order valence-corrected chi connectivity index (χ3v) is 5.29. The lowest BCUT2D eigenvalue weighted by atomic mass is 9.90. The molecule has 1 aromatic rings. The predicted octanol–water partition coefficient (Wildman–Crippen LogP) is 3.19. The molecule has 2 aliphatic rings. The third kappa shape index (κ3) is 4.05. The first-order chi connectivity index (χ1) is 11.0. The highest BCUT2D eigenvalue weighted by molar-refractivity contribution is 5.68. The molecule has 4 heteroatoms. The Kier molecular flexibility index (Phi) is 4.90. The lowest BCUT2D eigenvalue weighted by Crippen LogP contribution is -2.48. The van der Waals surface area contributed by atoms with Crippen molar-refractivity contribution in [3.8, 4) is 0 Å². The maximum absolute atomic E-state index is 11.2. The van der Waals surface area contributed by atoms with Crippen molar-refractivity contribution in [2.75, 3.05) is 31.1 Å². The molecule has 1 saturated heterocycles. The molecule has 126 valence electrons. The average molecular weight is 316 g/mol. The van der Waals surface area contributed by atoms with E-state index in [0.29, 0.717) is 12.0 Å². The number of carboxylic acids is 1. The van der Waals surface area contributed by atoms with Crippen molar-refractivity contribution in [1.29, 1.82) is 0 Å². The highest BCUT2D eigenvalue weighted by Gasteiger charge is 2.34. The molecule has 0 spiro atoms. The number of carbonyl (C=O) groups is 1. The number of aliphatic carboxylic acids is 1. The van der Waals surface area contributed by atoms with Crippen LogP contribution >= 0.6 is 0 Å². The van der Waals surface area contributed by atoms with Gasteiger partial charge in [0, 0.05) is 37.9 Å². The van der Waals surface area contributed by atoms with Crippen LogP contribution in [0.2, 0.25) is 0 Å². The quantitative estimate of drug-likeness (QED) is 0.875. The first-order valence-electron chi connectivity index (χ1n) is 8.85. The minimum atomic E-state index is -0.683. The molecule has 4 nitrogen and oxygen atoms in total. The lowest BCUT2D eigenvalue weighted by molar-refractivity contribution is -0.137. The smallest absolute Gasteiger partial charge is 0.303 e. The van der Waals surface area contributed by atoms with Crippen LogP contribution in [0.1, 0.15) is 44.6 Å². The highest BCUT2D eigenvalue weighted by Crippen LogP contribution is 2.45. The highest BCUT2D eigenvalue weighted by atomic mass is 16.4. The topological polar surface area (TPSA) is 43.8 Å². The Labute approximate surface area is 139 Å². The molecular weight excluding hydrogens is 288 g/mol. The van der Waals surface area contributed by atoms with E-state index in [4.69, 9.17) is 0 Å².